The number of amides is 1. The van der Waals surface area contributed by atoms with Gasteiger partial charge in [0.2, 0.25) is 0 Å². The lowest BCUT2D eigenvalue weighted by Crippen LogP contribution is -2.21. The van der Waals surface area contributed by atoms with Gasteiger partial charge in [0, 0.05) is 10.5 Å². The summed E-state index contributed by atoms with van der Waals surface area (Å²) in [5, 5.41) is 2.02. The Balaban J connectivity index is 1.85. The SMILES string of the molecule is O=C(COC(=O)/C=C/c1ccc(Br)cc1)Nc1c(F)cccc1F. The molecule has 0 radical (unpaired) electrons. The van der Waals surface area contributed by atoms with Gasteiger partial charge in [0.15, 0.2) is 6.61 Å². The van der Waals surface area contributed by atoms with Crippen LogP contribution in [0.1, 0.15) is 5.56 Å². The Morgan fingerprint density at radius 1 is 1.08 bits per heavy atom. The first-order chi connectivity index (χ1) is 11.5. The third kappa shape index (κ3) is 5.27. The Labute approximate surface area is 145 Å². The number of benzene rings is 2. The van der Waals surface area contributed by atoms with Crippen molar-refractivity contribution in [3.8, 4) is 0 Å². The second-order valence-corrected chi connectivity index (χ2v) is 5.55. The highest BCUT2D eigenvalue weighted by molar-refractivity contribution is 9.10. The smallest absolute Gasteiger partial charge is 0.331 e. The fourth-order valence-electron chi connectivity index (χ4n) is 1.72. The van der Waals surface area contributed by atoms with Crippen LogP contribution >= 0.6 is 15.9 Å². The molecule has 0 spiro atoms. The van der Waals surface area contributed by atoms with Crippen molar-refractivity contribution in [1.29, 1.82) is 0 Å². The van der Waals surface area contributed by atoms with Gasteiger partial charge in [-0.1, -0.05) is 34.1 Å². The highest BCUT2D eigenvalue weighted by Gasteiger charge is 2.12. The molecule has 0 saturated heterocycles. The molecule has 0 fully saturated rings. The average molecular weight is 396 g/mol. The quantitative estimate of drug-likeness (QED) is 0.616. The Morgan fingerprint density at radius 3 is 2.33 bits per heavy atom. The van der Waals surface area contributed by atoms with Crippen molar-refractivity contribution >= 4 is 39.6 Å². The summed E-state index contributed by atoms with van der Waals surface area (Å²) in [4.78, 5) is 23.1. The molecule has 2 aromatic carbocycles. The largest absolute Gasteiger partial charge is 0.452 e. The van der Waals surface area contributed by atoms with Crippen LogP contribution in [0, 0.1) is 11.6 Å². The molecule has 2 aromatic rings. The molecule has 7 heteroatoms. The molecule has 0 aromatic heterocycles. The van der Waals surface area contributed by atoms with E-state index in [1.54, 1.807) is 24.3 Å². The molecule has 0 aliphatic carbocycles. The Bertz CT molecular complexity index is 756. The minimum atomic E-state index is -0.912. The molecule has 0 atom stereocenters. The molecular weight excluding hydrogens is 384 g/mol. The van der Waals surface area contributed by atoms with Gasteiger partial charge >= 0.3 is 5.97 Å². The highest BCUT2D eigenvalue weighted by atomic mass is 79.9. The summed E-state index contributed by atoms with van der Waals surface area (Å²) in [5.41, 5.74) is 0.192. The number of para-hydroxylation sites is 1. The van der Waals surface area contributed by atoms with Crippen LogP contribution in [0.15, 0.2) is 53.0 Å². The zero-order chi connectivity index (χ0) is 17.5. The lowest BCUT2D eigenvalue weighted by atomic mass is 10.2. The van der Waals surface area contributed by atoms with Crippen LogP contribution in [0.4, 0.5) is 14.5 Å². The van der Waals surface area contributed by atoms with Crippen LogP contribution in [0.5, 0.6) is 0 Å². The average Bonchev–Trinajstić information content (AvgIpc) is 2.56. The number of hydrogen-bond acceptors (Lipinski definition) is 3. The summed E-state index contributed by atoms with van der Waals surface area (Å²) in [6.45, 7) is -0.655. The molecule has 4 nitrogen and oxygen atoms in total. The van der Waals surface area contributed by atoms with Crippen molar-refractivity contribution in [2.75, 3.05) is 11.9 Å². The first-order valence-corrected chi connectivity index (χ1v) is 7.59. The van der Waals surface area contributed by atoms with E-state index in [4.69, 9.17) is 4.74 Å². The van der Waals surface area contributed by atoms with E-state index in [1.165, 1.54) is 12.1 Å². The van der Waals surface area contributed by atoms with Gasteiger partial charge < -0.3 is 10.1 Å². The van der Waals surface area contributed by atoms with Crippen LogP contribution in [0.3, 0.4) is 0 Å². The van der Waals surface area contributed by atoms with Crippen LogP contribution < -0.4 is 5.32 Å². The Kier molecular flexibility index (Phi) is 6.20. The monoisotopic (exact) mass is 395 g/mol. The summed E-state index contributed by atoms with van der Waals surface area (Å²) in [7, 11) is 0. The van der Waals surface area contributed by atoms with Gasteiger partial charge in [0.25, 0.3) is 5.91 Å². The van der Waals surface area contributed by atoms with Gasteiger partial charge in [-0.05, 0) is 35.9 Å². The summed E-state index contributed by atoms with van der Waals surface area (Å²) in [6, 6.07) is 10.4. The summed E-state index contributed by atoms with van der Waals surface area (Å²) >= 11 is 3.29. The topological polar surface area (TPSA) is 55.4 Å². The maximum absolute atomic E-state index is 13.4. The van der Waals surface area contributed by atoms with Crippen molar-refractivity contribution in [3.63, 3.8) is 0 Å². The standard InChI is InChI=1S/C17H12BrF2NO3/c18-12-7-4-11(5-8-12)6-9-16(23)24-10-15(22)21-17-13(19)2-1-3-14(17)20/h1-9H,10H2,(H,21,22)/b9-6+. The Morgan fingerprint density at radius 2 is 1.71 bits per heavy atom. The van der Waals surface area contributed by atoms with Crippen LogP contribution in [-0.2, 0) is 14.3 Å². The fourth-order valence-corrected chi connectivity index (χ4v) is 1.98. The van der Waals surface area contributed by atoms with Crippen LogP contribution in [0.25, 0.3) is 6.08 Å². The van der Waals surface area contributed by atoms with Gasteiger partial charge in [-0.3, -0.25) is 4.79 Å². The zero-order valence-electron chi connectivity index (χ0n) is 12.3. The number of halogens is 3. The second-order valence-electron chi connectivity index (χ2n) is 4.64. The lowest BCUT2D eigenvalue weighted by molar-refractivity contribution is -0.142. The number of anilines is 1. The minimum Gasteiger partial charge on any atom is -0.452 e. The van der Waals surface area contributed by atoms with E-state index in [-0.39, 0.29) is 0 Å². The molecule has 0 aliphatic rings. The highest BCUT2D eigenvalue weighted by Crippen LogP contribution is 2.17. The third-order valence-corrected chi connectivity index (χ3v) is 3.38. The normalized spacial score (nSPS) is 10.6. The molecule has 2 rings (SSSR count). The maximum atomic E-state index is 13.4. The third-order valence-electron chi connectivity index (χ3n) is 2.85. The first kappa shape index (κ1) is 17.8. The van der Waals surface area contributed by atoms with Crippen molar-refractivity contribution in [3.05, 3.63) is 70.2 Å². The van der Waals surface area contributed by atoms with Gasteiger partial charge in [0.05, 0.1) is 0 Å². The maximum Gasteiger partial charge on any atom is 0.331 e. The molecule has 0 saturated carbocycles. The molecular formula is C17H12BrF2NO3. The second kappa shape index (κ2) is 8.35. The molecule has 24 heavy (non-hydrogen) atoms. The number of hydrogen-bond donors (Lipinski definition) is 1. The van der Waals surface area contributed by atoms with Gasteiger partial charge in [-0.2, -0.15) is 0 Å². The molecule has 0 aliphatic heterocycles. The van der Waals surface area contributed by atoms with E-state index in [2.05, 4.69) is 15.9 Å². The number of ether oxygens (including phenoxy) is 1. The summed E-state index contributed by atoms with van der Waals surface area (Å²) < 4.78 is 32.4. The predicted octanol–water partition coefficient (Wildman–Crippen LogP) is 3.92. The van der Waals surface area contributed by atoms with Crippen molar-refractivity contribution in [2.24, 2.45) is 0 Å². The van der Waals surface area contributed by atoms with Gasteiger partial charge in [-0.15, -0.1) is 0 Å². The van der Waals surface area contributed by atoms with Crippen molar-refractivity contribution in [2.45, 2.75) is 0 Å². The number of carbonyl (C=O) groups excluding carboxylic acids is 2. The van der Waals surface area contributed by atoms with E-state index < -0.39 is 35.8 Å². The summed E-state index contributed by atoms with van der Waals surface area (Å²) in [6.07, 6.45) is 2.67. The van der Waals surface area contributed by atoms with E-state index >= 15 is 0 Å². The van der Waals surface area contributed by atoms with Crippen LogP contribution in [0.2, 0.25) is 0 Å². The van der Waals surface area contributed by atoms with Crippen LogP contribution in [-0.4, -0.2) is 18.5 Å². The van der Waals surface area contributed by atoms with E-state index in [0.717, 1.165) is 28.2 Å². The predicted molar refractivity (Wildman–Crippen MR) is 89.1 cm³/mol. The van der Waals surface area contributed by atoms with Crippen molar-refractivity contribution < 1.29 is 23.1 Å². The van der Waals surface area contributed by atoms with Crippen molar-refractivity contribution in [1.82, 2.24) is 0 Å². The number of nitrogens with one attached hydrogen (secondary N) is 1. The molecule has 0 unspecified atom stereocenters. The fraction of sp³-hybridized carbons (Fsp3) is 0.0588. The Hall–Kier alpha value is -2.54. The van der Waals surface area contributed by atoms with E-state index in [9.17, 15) is 18.4 Å². The summed E-state index contributed by atoms with van der Waals surface area (Å²) in [5.74, 6) is -3.42. The molecule has 1 amide bonds. The molecule has 1 N–H and O–H groups in total. The lowest BCUT2D eigenvalue weighted by Gasteiger charge is -2.07. The minimum absolute atomic E-state index is 0.580. The first-order valence-electron chi connectivity index (χ1n) is 6.80. The van der Waals surface area contributed by atoms with E-state index in [1.807, 2.05) is 5.32 Å². The van der Waals surface area contributed by atoms with Gasteiger partial charge in [0.1, 0.15) is 17.3 Å². The zero-order valence-corrected chi connectivity index (χ0v) is 13.8. The molecule has 0 heterocycles. The molecule has 124 valence electrons. The van der Waals surface area contributed by atoms with E-state index in [0.29, 0.717) is 0 Å². The molecule has 0 bridgehead atoms. The number of rotatable bonds is 5. The number of esters is 1. The number of carbonyl (C=O) groups is 2. The van der Waals surface area contributed by atoms with Gasteiger partial charge in [-0.25, -0.2) is 13.6 Å².